The van der Waals surface area contributed by atoms with Crippen LogP contribution < -0.4 is 14.7 Å². The van der Waals surface area contributed by atoms with Crippen LogP contribution in [0.5, 0.6) is 0 Å². The van der Waals surface area contributed by atoms with Crippen molar-refractivity contribution in [1.29, 1.82) is 0 Å². The van der Waals surface area contributed by atoms with Crippen LogP contribution in [-0.2, 0) is 104 Å². The van der Waals surface area contributed by atoms with E-state index < -0.39 is 0 Å². The summed E-state index contributed by atoms with van der Waals surface area (Å²) in [5.41, 5.74) is 40.2. The molecular weight excluding hydrogens is 2200 g/mol. The third-order valence-electron chi connectivity index (χ3n) is 27.2. The monoisotopic (exact) mass is 2280 g/mol. The first-order valence-electron chi connectivity index (χ1n) is 44.7. The van der Waals surface area contributed by atoms with Gasteiger partial charge in [-0.25, -0.2) is 0 Å². The number of aromatic nitrogens is 9. The molecule has 6 aliphatic rings. The smallest absolute Gasteiger partial charge is 0.0777 e. The molecular formula is C117H82N15Pt3-9. The average Bonchev–Trinajstić information content (AvgIpc) is 1.58. The van der Waals surface area contributed by atoms with Crippen molar-refractivity contribution in [2.45, 2.75) is 19.3 Å². The number of nitrogens with zero attached hydrogens (tertiary/aromatic N) is 15. The Kier molecular flexibility index (Phi) is 21.0. The minimum absolute atomic E-state index is 0. The molecule has 0 saturated carbocycles. The van der Waals surface area contributed by atoms with Crippen molar-refractivity contribution in [2.75, 3.05) is 35.8 Å². The molecule has 16 aromatic carbocycles. The third kappa shape index (κ3) is 14.0. The van der Waals surface area contributed by atoms with Gasteiger partial charge < -0.3 is 56.8 Å². The SMILES string of the molecule is CN1C=CN(c2[c-]c(-n3c4[c-]c(-c5nc6cc7c(cc6n5C)-c5ccccc5C7)ccc4c4ccccc43)ccc2)[CH-]1.CN1C=CN(c2[c-]c(-n3c4[c-]c(-c5nc6cc7c(cc6n5C)Cc5ccccc5-7)ccc4c4ccccc43)ccc2)[CH-]1.CN1C=CN(c2[c-]c(-n3c4[c-]c(-c5nc6ccccc6n5C)ccc4c4cccc(-c5ccc6c(c5)Cc5ccccc5-6)c43)ccc2)[CH-]1.[Pt].[Pt].[Pt]. The van der Waals surface area contributed by atoms with Crippen LogP contribution in [0.4, 0.5) is 17.1 Å². The van der Waals surface area contributed by atoms with E-state index in [9.17, 15) is 0 Å². The summed E-state index contributed by atoms with van der Waals surface area (Å²) in [5.74, 6) is 2.72. The topological polar surface area (TPSA) is 87.7 Å². The van der Waals surface area contributed by atoms with Gasteiger partial charge in [0.25, 0.3) is 0 Å². The molecule has 0 radical (unpaired) electrons. The van der Waals surface area contributed by atoms with Crippen LogP contribution >= 0.6 is 0 Å². The molecule has 3 aliphatic carbocycles. The normalized spacial score (nSPS) is 13.6. The van der Waals surface area contributed by atoms with Gasteiger partial charge >= 0.3 is 0 Å². The molecule has 0 unspecified atom stereocenters. The zero-order chi connectivity index (χ0) is 87.8. The second kappa shape index (κ2) is 33.5. The minimum atomic E-state index is 0. The Morgan fingerprint density at radius 3 is 1.10 bits per heavy atom. The van der Waals surface area contributed by atoms with Crippen molar-refractivity contribution in [2.24, 2.45) is 21.1 Å². The Bertz CT molecular complexity index is 8540. The van der Waals surface area contributed by atoms with E-state index in [0.29, 0.717) is 0 Å². The molecule has 0 bridgehead atoms. The molecule has 0 atom stereocenters. The Labute approximate surface area is 825 Å². The number of hydrogen-bond acceptors (Lipinski definition) is 9. The van der Waals surface area contributed by atoms with Gasteiger partial charge in [-0.3, -0.25) is 15.0 Å². The fourth-order valence-corrected chi connectivity index (χ4v) is 20.9. The van der Waals surface area contributed by atoms with Crippen molar-refractivity contribution in [3.63, 3.8) is 0 Å². The van der Waals surface area contributed by atoms with Crippen LogP contribution in [0, 0.1) is 56.4 Å². The van der Waals surface area contributed by atoms with Crippen molar-refractivity contribution in [3.8, 4) is 95.7 Å². The summed E-state index contributed by atoms with van der Waals surface area (Å²) in [4.78, 5) is 27.7. The van der Waals surface area contributed by atoms with Gasteiger partial charge in [-0.15, -0.1) is 143 Å². The molecule has 664 valence electrons. The van der Waals surface area contributed by atoms with Gasteiger partial charge in [0.15, 0.2) is 0 Å². The van der Waals surface area contributed by atoms with Crippen molar-refractivity contribution < 1.29 is 63.2 Å². The van der Waals surface area contributed by atoms with Gasteiger partial charge in [0, 0.05) is 106 Å². The maximum atomic E-state index is 5.16. The van der Waals surface area contributed by atoms with E-state index in [2.05, 4.69) is 404 Å². The largest absolute Gasteiger partial charge is 0.510 e. The molecule has 0 spiro atoms. The van der Waals surface area contributed by atoms with Crippen molar-refractivity contribution in [1.82, 2.24) is 57.1 Å². The molecule has 3 aliphatic heterocycles. The van der Waals surface area contributed by atoms with Crippen LogP contribution in [0.25, 0.3) is 194 Å². The molecule has 28 rings (SSSR count). The molecule has 135 heavy (non-hydrogen) atoms. The number of rotatable bonds is 10. The predicted molar refractivity (Wildman–Crippen MR) is 536 cm³/mol. The summed E-state index contributed by atoms with van der Waals surface area (Å²) in [6, 6.07) is 129. The second-order valence-electron chi connectivity index (χ2n) is 35.2. The number of aryl methyl sites for hydroxylation is 3. The molecule has 0 saturated heterocycles. The van der Waals surface area contributed by atoms with Gasteiger partial charge in [-0.05, 0) is 231 Å². The number of benzene rings is 16. The maximum absolute atomic E-state index is 5.16. The van der Waals surface area contributed by atoms with Crippen LogP contribution in [0.1, 0.15) is 33.4 Å². The van der Waals surface area contributed by atoms with Gasteiger partial charge in [-0.1, -0.05) is 191 Å². The zero-order valence-corrected chi connectivity index (χ0v) is 81.1. The van der Waals surface area contributed by atoms with Crippen LogP contribution in [-0.4, -0.2) is 78.2 Å². The quantitative estimate of drug-likeness (QED) is 0.124. The summed E-state index contributed by atoms with van der Waals surface area (Å²) in [5, 5.41) is 7.05. The zero-order valence-electron chi connectivity index (χ0n) is 74.3. The number of imidazole rings is 3. The summed E-state index contributed by atoms with van der Waals surface area (Å²) in [6.07, 6.45) is 15.2. The summed E-state index contributed by atoms with van der Waals surface area (Å²) in [6.45, 7) is 6.16. The molecule has 22 aromatic rings. The number of anilines is 3. The van der Waals surface area contributed by atoms with E-state index >= 15 is 0 Å². The predicted octanol–water partition coefficient (Wildman–Crippen LogP) is 25.2. The van der Waals surface area contributed by atoms with Gasteiger partial charge in [0.05, 0.1) is 50.6 Å². The molecule has 0 fully saturated rings. The Hall–Kier alpha value is -14.6. The van der Waals surface area contributed by atoms with E-state index in [-0.39, 0.29) is 63.2 Å². The molecule has 0 amide bonds. The molecule has 18 heteroatoms. The van der Waals surface area contributed by atoms with Gasteiger partial charge in [0.1, 0.15) is 0 Å². The maximum Gasteiger partial charge on any atom is 0.0777 e. The van der Waals surface area contributed by atoms with Gasteiger partial charge in [-0.2, -0.15) is 38.2 Å². The Morgan fingerprint density at radius 1 is 0.244 bits per heavy atom. The first-order chi connectivity index (χ1) is 64.8. The Morgan fingerprint density at radius 2 is 0.607 bits per heavy atom. The van der Waals surface area contributed by atoms with Gasteiger partial charge in [0.2, 0.25) is 0 Å². The van der Waals surface area contributed by atoms with E-state index in [1.54, 1.807) is 0 Å². The average molecular weight is 2280 g/mol. The first-order valence-corrected chi connectivity index (χ1v) is 44.7. The van der Waals surface area contributed by atoms with Crippen LogP contribution in [0.2, 0.25) is 0 Å². The van der Waals surface area contributed by atoms with E-state index in [1.807, 2.05) is 86.2 Å². The summed E-state index contributed by atoms with van der Waals surface area (Å²) < 4.78 is 13.5. The number of para-hydroxylation sites is 5. The number of fused-ring (bicyclic) bond motifs is 21. The summed E-state index contributed by atoms with van der Waals surface area (Å²) >= 11 is 0. The van der Waals surface area contributed by atoms with E-state index in [1.165, 1.54) is 94.0 Å². The van der Waals surface area contributed by atoms with Crippen LogP contribution in [0.15, 0.2) is 334 Å². The minimum Gasteiger partial charge on any atom is -0.510 e. The fraction of sp³-hybridized carbons (Fsp3) is 0.0769. The molecule has 0 N–H and O–H groups in total. The number of hydrogen-bond donors (Lipinski definition) is 0. The fourth-order valence-electron chi connectivity index (χ4n) is 20.9. The van der Waals surface area contributed by atoms with E-state index in [4.69, 9.17) is 15.0 Å². The van der Waals surface area contributed by atoms with E-state index in [0.717, 1.165) is 170 Å². The standard InChI is InChI=1S/C43H30N5.2C37H26N5.3Pt/c1-45-21-22-47(27-45)32-10-7-11-33(26-32)48-41-25-30(43-44-39-15-5-6-16-40(39)46(43)2)18-20-37(41)38-14-8-13-36(42(38)48)29-17-19-35-31(24-29)23-28-9-3-4-12-34(28)35;1-39-16-17-41(23-39)27-9-7-10-28(21-27)42-34-13-6-5-12-30(34)31-15-14-25(20-35(31)42)37-38-33-19-26-18-24-8-3-4-11-29(24)32(26)22-36(33)40(37)2;1-39-16-17-41(23-39)27-9-7-10-28(21-27)42-34-13-6-5-12-30(34)31-15-14-25(19-35(31)42)37-38-33-22-32-26(20-36(33)40(37)2)18-24-8-3-4-11-29(24)32;;;/h3-22,24,27H,23H2,1-2H3;3-17,19,22-23H,18H2,1-2H3;3-17,20,22-23H,18H2,1-2H3;;;/q3*-3;;;. The Balaban J connectivity index is 0.000000113. The van der Waals surface area contributed by atoms with Crippen LogP contribution in [0.3, 0.4) is 0 Å². The molecule has 6 aromatic heterocycles. The van der Waals surface area contributed by atoms with Crippen molar-refractivity contribution in [3.05, 3.63) is 424 Å². The summed E-state index contributed by atoms with van der Waals surface area (Å²) in [7, 11) is 12.4. The second-order valence-corrected chi connectivity index (χ2v) is 35.2. The molecule has 9 heterocycles. The first kappa shape index (κ1) is 84.7. The third-order valence-corrected chi connectivity index (χ3v) is 27.2. The molecule has 15 nitrogen and oxygen atoms in total. The van der Waals surface area contributed by atoms with Crippen molar-refractivity contribution >= 4 is 116 Å².